The number of hydrogen-bond donors (Lipinski definition) is 2. The maximum atomic E-state index is 12.4. The first-order valence-corrected chi connectivity index (χ1v) is 10.2. The van der Waals surface area contributed by atoms with E-state index >= 15 is 0 Å². The van der Waals surface area contributed by atoms with Crippen molar-refractivity contribution in [3.05, 3.63) is 18.2 Å². The highest BCUT2D eigenvalue weighted by molar-refractivity contribution is 7.89. The van der Waals surface area contributed by atoms with Crippen molar-refractivity contribution < 1.29 is 32.2 Å². The van der Waals surface area contributed by atoms with Crippen molar-refractivity contribution in [2.24, 2.45) is 0 Å². The van der Waals surface area contributed by atoms with E-state index in [0.29, 0.717) is 37.7 Å². The molecule has 0 fully saturated rings. The molecule has 0 aromatic heterocycles. The lowest BCUT2D eigenvalue weighted by atomic mass is 10.3. The Morgan fingerprint density at radius 2 is 1.93 bits per heavy atom. The van der Waals surface area contributed by atoms with Crippen LogP contribution >= 0.6 is 0 Å². The minimum Gasteiger partial charge on any atom is -0.490 e. The monoisotopic (exact) mass is 400 g/mol. The second-order valence-electron chi connectivity index (χ2n) is 5.91. The summed E-state index contributed by atoms with van der Waals surface area (Å²) in [5.74, 6) is -0.486. The molecule has 150 valence electrons. The van der Waals surface area contributed by atoms with E-state index in [1.165, 1.54) is 25.1 Å². The molecule has 1 atom stereocenters. The van der Waals surface area contributed by atoms with Gasteiger partial charge in [-0.1, -0.05) is 6.92 Å². The molecule has 0 saturated carbocycles. The molecule has 1 unspecified atom stereocenters. The highest BCUT2D eigenvalue weighted by Gasteiger charge is 2.22. The Kier molecular flexibility index (Phi) is 7.43. The van der Waals surface area contributed by atoms with Crippen LogP contribution in [0.1, 0.15) is 26.7 Å². The molecule has 0 spiro atoms. The van der Waals surface area contributed by atoms with Gasteiger partial charge >= 0.3 is 5.97 Å². The van der Waals surface area contributed by atoms with Crippen molar-refractivity contribution in [1.29, 1.82) is 0 Å². The number of ether oxygens (including phenoxy) is 3. The summed E-state index contributed by atoms with van der Waals surface area (Å²) in [5, 5.41) is 2.59. The van der Waals surface area contributed by atoms with Gasteiger partial charge in [-0.25, -0.2) is 8.42 Å². The smallest absolute Gasteiger partial charge is 0.321 e. The Morgan fingerprint density at radius 1 is 1.22 bits per heavy atom. The first-order valence-electron chi connectivity index (χ1n) is 8.70. The summed E-state index contributed by atoms with van der Waals surface area (Å²) in [6.07, 6.45) is 0.443. The van der Waals surface area contributed by atoms with E-state index in [4.69, 9.17) is 14.2 Å². The predicted octanol–water partition coefficient (Wildman–Crippen LogP) is 0.584. The summed E-state index contributed by atoms with van der Waals surface area (Å²) in [4.78, 5) is 23.4. The number of fused-ring (bicyclic) bond motifs is 1. The molecular weight excluding hydrogens is 376 g/mol. The van der Waals surface area contributed by atoms with Crippen LogP contribution in [0, 0.1) is 0 Å². The van der Waals surface area contributed by atoms with Gasteiger partial charge in [0, 0.05) is 19.0 Å². The molecule has 0 bridgehead atoms. The van der Waals surface area contributed by atoms with E-state index in [-0.39, 0.29) is 4.90 Å². The molecule has 0 saturated heterocycles. The molecule has 27 heavy (non-hydrogen) atoms. The number of carbonyl (C=O) groups excluding carboxylic acids is 2. The van der Waals surface area contributed by atoms with Crippen molar-refractivity contribution in [2.45, 2.75) is 37.7 Å². The third kappa shape index (κ3) is 6.10. The molecule has 10 heteroatoms. The minimum absolute atomic E-state index is 0.0618. The van der Waals surface area contributed by atoms with E-state index < -0.39 is 34.5 Å². The van der Waals surface area contributed by atoms with Gasteiger partial charge in [0.2, 0.25) is 10.0 Å². The lowest BCUT2D eigenvalue weighted by Crippen LogP contribution is -2.39. The quantitative estimate of drug-likeness (QED) is 0.613. The fourth-order valence-corrected chi connectivity index (χ4v) is 3.22. The molecule has 1 heterocycles. The molecule has 1 aliphatic heterocycles. The van der Waals surface area contributed by atoms with Crippen LogP contribution in [0.4, 0.5) is 0 Å². The van der Waals surface area contributed by atoms with Crippen LogP contribution in [-0.4, -0.2) is 52.7 Å². The van der Waals surface area contributed by atoms with Gasteiger partial charge in [0.25, 0.3) is 5.91 Å². The number of hydrogen-bond acceptors (Lipinski definition) is 7. The summed E-state index contributed by atoms with van der Waals surface area (Å²) >= 11 is 0. The SMILES string of the molecule is CCCNC(=O)C(C)OC(=O)CNS(=O)(=O)c1ccc2c(c1)OCCCO2. The second-order valence-corrected chi connectivity index (χ2v) is 7.67. The molecule has 2 rings (SSSR count). The summed E-state index contributed by atoms with van der Waals surface area (Å²) in [5.41, 5.74) is 0. The van der Waals surface area contributed by atoms with Crippen LogP contribution in [0.15, 0.2) is 23.1 Å². The van der Waals surface area contributed by atoms with Crippen molar-refractivity contribution in [3.63, 3.8) is 0 Å². The minimum atomic E-state index is -3.96. The molecule has 1 aliphatic rings. The lowest BCUT2D eigenvalue weighted by molar-refractivity contribution is -0.153. The van der Waals surface area contributed by atoms with E-state index in [9.17, 15) is 18.0 Å². The number of benzene rings is 1. The van der Waals surface area contributed by atoms with Gasteiger partial charge in [0.15, 0.2) is 17.6 Å². The fraction of sp³-hybridized carbons (Fsp3) is 0.529. The van der Waals surface area contributed by atoms with Crippen LogP contribution in [0.2, 0.25) is 0 Å². The lowest BCUT2D eigenvalue weighted by Gasteiger charge is -2.14. The van der Waals surface area contributed by atoms with Crippen LogP contribution < -0.4 is 19.5 Å². The first-order chi connectivity index (χ1) is 12.8. The Labute approximate surface area is 158 Å². The zero-order chi connectivity index (χ0) is 19.9. The predicted molar refractivity (Wildman–Crippen MR) is 96.1 cm³/mol. The van der Waals surface area contributed by atoms with Gasteiger partial charge in [-0.05, 0) is 25.5 Å². The van der Waals surface area contributed by atoms with Crippen molar-refractivity contribution in [2.75, 3.05) is 26.3 Å². The van der Waals surface area contributed by atoms with Crippen molar-refractivity contribution >= 4 is 21.9 Å². The van der Waals surface area contributed by atoms with Gasteiger partial charge < -0.3 is 19.5 Å². The van der Waals surface area contributed by atoms with Gasteiger partial charge in [-0.3, -0.25) is 9.59 Å². The number of rotatable bonds is 8. The van der Waals surface area contributed by atoms with Crippen molar-refractivity contribution in [1.82, 2.24) is 10.0 Å². The number of sulfonamides is 1. The first kappa shape index (κ1) is 21.0. The molecule has 1 aromatic rings. The number of esters is 1. The molecular formula is C17H24N2O7S. The van der Waals surface area contributed by atoms with Crippen LogP contribution in [-0.2, 0) is 24.3 Å². The summed E-state index contributed by atoms with van der Waals surface area (Å²) < 4.78 is 42.8. The average molecular weight is 400 g/mol. The maximum Gasteiger partial charge on any atom is 0.321 e. The summed E-state index contributed by atoms with van der Waals surface area (Å²) in [6, 6.07) is 4.21. The molecule has 0 aliphatic carbocycles. The molecule has 1 amide bonds. The highest BCUT2D eigenvalue weighted by atomic mass is 32.2. The van der Waals surface area contributed by atoms with E-state index in [1.54, 1.807) is 0 Å². The van der Waals surface area contributed by atoms with Gasteiger partial charge in [-0.2, -0.15) is 4.72 Å². The summed E-state index contributed by atoms with van der Waals surface area (Å²) in [6.45, 7) is 4.10. The van der Waals surface area contributed by atoms with Crippen LogP contribution in [0.5, 0.6) is 11.5 Å². The normalized spacial score (nSPS) is 14.7. The second kappa shape index (κ2) is 9.56. The Hall–Kier alpha value is -2.33. The molecule has 0 radical (unpaired) electrons. The fourth-order valence-electron chi connectivity index (χ4n) is 2.23. The maximum absolute atomic E-state index is 12.4. The van der Waals surface area contributed by atoms with E-state index in [2.05, 4.69) is 10.0 Å². The molecule has 9 nitrogen and oxygen atoms in total. The summed E-state index contributed by atoms with van der Waals surface area (Å²) in [7, 11) is -3.96. The van der Waals surface area contributed by atoms with Gasteiger partial charge in [-0.15, -0.1) is 0 Å². The van der Waals surface area contributed by atoms with Gasteiger partial charge in [0.05, 0.1) is 18.1 Å². The number of nitrogens with one attached hydrogen (secondary N) is 2. The zero-order valence-electron chi connectivity index (χ0n) is 15.3. The van der Waals surface area contributed by atoms with Crippen molar-refractivity contribution in [3.8, 4) is 11.5 Å². The van der Waals surface area contributed by atoms with Crippen LogP contribution in [0.3, 0.4) is 0 Å². The molecule has 1 aromatic carbocycles. The Balaban J connectivity index is 1.93. The Morgan fingerprint density at radius 3 is 2.63 bits per heavy atom. The van der Waals surface area contributed by atoms with E-state index in [0.717, 1.165) is 6.42 Å². The van der Waals surface area contributed by atoms with Crippen LogP contribution in [0.25, 0.3) is 0 Å². The Bertz CT molecular complexity index is 779. The zero-order valence-corrected chi connectivity index (χ0v) is 16.1. The van der Waals surface area contributed by atoms with Gasteiger partial charge in [0.1, 0.15) is 6.54 Å². The molecule has 2 N–H and O–H groups in total. The van der Waals surface area contributed by atoms with E-state index in [1.807, 2.05) is 6.92 Å². The third-order valence-electron chi connectivity index (χ3n) is 3.66. The standard InChI is InChI=1S/C17H24N2O7S/c1-3-7-18-17(21)12(2)26-16(20)11-19-27(22,23)13-5-6-14-15(10-13)25-9-4-8-24-14/h5-6,10,12,19H,3-4,7-9,11H2,1-2H3,(H,18,21). The average Bonchev–Trinajstić information content (AvgIpc) is 2.89. The number of carbonyl (C=O) groups is 2. The third-order valence-corrected chi connectivity index (χ3v) is 5.06. The highest BCUT2D eigenvalue weighted by Crippen LogP contribution is 2.31. The largest absolute Gasteiger partial charge is 0.490 e. The topological polar surface area (TPSA) is 120 Å². The number of amides is 1.